The number of aromatic nitrogens is 3. The van der Waals surface area contributed by atoms with Gasteiger partial charge in [0.1, 0.15) is 11.6 Å². The first kappa shape index (κ1) is 22.6. The predicted octanol–water partition coefficient (Wildman–Crippen LogP) is 6.88. The van der Waals surface area contributed by atoms with E-state index < -0.39 is 0 Å². The number of hydrogen-bond donors (Lipinski definition) is 1. The highest BCUT2D eigenvalue weighted by Gasteiger charge is 2.08. The number of para-hydroxylation sites is 2. The summed E-state index contributed by atoms with van der Waals surface area (Å²) in [6, 6.07) is 8.01. The van der Waals surface area contributed by atoms with Gasteiger partial charge in [0.15, 0.2) is 0 Å². The lowest BCUT2D eigenvalue weighted by atomic mass is 10.1. The van der Waals surface area contributed by atoms with Gasteiger partial charge in [0, 0.05) is 6.99 Å². The van der Waals surface area contributed by atoms with Crippen LogP contribution < -0.4 is 0 Å². The largest absolute Gasteiger partial charge is 0.361 e. The minimum Gasteiger partial charge on any atom is -0.361 e. The Labute approximate surface area is 153 Å². The highest BCUT2D eigenvalue weighted by molar-refractivity contribution is 5.74. The Morgan fingerprint density at radius 1 is 1.08 bits per heavy atom. The molecule has 0 atom stereocenters. The third-order valence-electron chi connectivity index (χ3n) is 3.37. The highest BCUT2D eigenvalue weighted by atomic mass is 16.5. The Kier molecular flexibility index (Phi) is 10.9. The molecule has 0 fully saturated rings. The van der Waals surface area contributed by atoms with Crippen molar-refractivity contribution in [2.24, 2.45) is 0 Å². The van der Waals surface area contributed by atoms with Gasteiger partial charge in [0.2, 0.25) is 0 Å². The van der Waals surface area contributed by atoms with E-state index in [1.54, 1.807) is 0 Å². The smallest absolute Gasteiger partial charge is 0.141 e. The summed E-state index contributed by atoms with van der Waals surface area (Å²) in [7, 11) is 0. The van der Waals surface area contributed by atoms with Gasteiger partial charge in [0.25, 0.3) is 0 Å². The van der Waals surface area contributed by atoms with Crippen LogP contribution >= 0.6 is 0 Å². The number of fused-ring (bicyclic) bond motifs is 1. The molecule has 0 aliphatic heterocycles. The van der Waals surface area contributed by atoms with Gasteiger partial charge in [-0.15, -0.1) is 0 Å². The first-order valence-corrected chi connectivity index (χ1v) is 9.00. The second-order valence-corrected chi connectivity index (χ2v) is 5.01. The standard InChI is InChI=1S/C9H13NO.C8H8N2.2C2H6.H2/c1-5-6(2)9-7(3)10-11-8(9)4;1-6-9-7-4-2-3-5-8(7)10-6;2*1-2;/h5H,1-4H3;2-5H,1H3,(H,9,10);2*1-2H3;1H/b6-5-;;;;. The lowest BCUT2D eigenvalue weighted by Crippen LogP contribution is -1.82. The summed E-state index contributed by atoms with van der Waals surface area (Å²) in [6.45, 7) is 17.9. The van der Waals surface area contributed by atoms with Crippen molar-refractivity contribution in [3.8, 4) is 0 Å². The molecule has 0 saturated carbocycles. The second-order valence-electron chi connectivity index (χ2n) is 5.01. The van der Waals surface area contributed by atoms with Crippen LogP contribution in [-0.4, -0.2) is 15.1 Å². The summed E-state index contributed by atoms with van der Waals surface area (Å²) in [5.41, 5.74) is 5.49. The molecule has 4 heteroatoms. The number of imidazole rings is 1. The molecule has 140 valence electrons. The van der Waals surface area contributed by atoms with Crippen molar-refractivity contribution in [3.63, 3.8) is 0 Å². The molecule has 0 aliphatic rings. The Bertz CT molecular complexity index is 720. The molecular weight excluding hydrogens is 310 g/mol. The van der Waals surface area contributed by atoms with E-state index >= 15 is 0 Å². The Balaban J connectivity index is 0. The van der Waals surface area contributed by atoms with Crippen molar-refractivity contribution in [2.45, 2.75) is 62.3 Å². The van der Waals surface area contributed by atoms with Crippen LogP contribution in [-0.2, 0) is 0 Å². The molecule has 4 nitrogen and oxygen atoms in total. The van der Waals surface area contributed by atoms with Gasteiger partial charge in [-0.3, -0.25) is 0 Å². The van der Waals surface area contributed by atoms with Crippen LogP contribution in [0.4, 0.5) is 0 Å². The van der Waals surface area contributed by atoms with Gasteiger partial charge in [-0.1, -0.05) is 51.1 Å². The summed E-state index contributed by atoms with van der Waals surface area (Å²) in [5, 5.41) is 3.87. The van der Waals surface area contributed by atoms with Crippen LogP contribution in [0, 0.1) is 20.8 Å². The average Bonchev–Trinajstić information content (AvgIpc) is 3.19. The van der Waals surface area contributed by atoms with Gasteiger partial charge >= 0.3 is 0 Å². The van der Waals surface area contributed by atoms with Gasteiger partial charge in [-0.25, -0.2) is 4.98 Å². The van der Waals surface area contributed by atoms with E-state index in [1.807, 2.05) is 79.7 Å². The monoisotopic (exact) mass is 345 g/mol. The van der Waals surface area contributed by atoms with Gasteiger partial charge in [0.05, 0.1) is 16.7 Å². The minimum atomic E-state index is 0. The molecule has 2 aromatic heterocycles. The maximum Gasteiger partial charge on any atom is 0.141 e. The molecule has 0 unspecified atom stereocenters. The number of nitrogens with zero attached hydrogens (tertiary/aromatic N) is 2. The van der Waals surface area contributed by atoms with Crippen molar-refractivity contribution >= 4 is 16.6 Å². The number of aryl methyl sites for hydroxylation is 3. The van der Waals surface area contributed by atoms with Crippen LogP contribution in [0.5, 0.6) is 0 Å². The molecule has 2 heterocycles. The number of nitrogens with one attached hydrogen (secondary N) is 1. The molecule has 25 heavy (non-hydrogen) atoms. The summed E-state index contributed by atoms with van der Waals surface area (Å²) in [4.78, 5) is 7.40. The Hall–Kier alpha value is -2.36. The van der Waals surface area contributed by atoms with Crippen molar-refractivity contribution in [3.05, 3.63) is 53.2 Å². The number of benzene rings is 1. The topological polar surface area (TPSA) is 54.7 Å². The van der Waals surface area contributed by atoms with E-state index in [0.29, 0.717) is 0 Å². The molecule has 0 bridgehead atoms. The molecule has 0 saturated heterocycles. The van der Waals surface area contributed by atoms with E-state index in [2.05, 4.69) is 28.1 Å². The normalized spacial score (nSPS) is 10.0. The van der Waals surface area contributed by atoms with Crippen molar-refractivity contribution in [1.29, 1.82) is 0 Å². The van der Waals surface area contributed by atoms with E-state index in [1.165, 1.54) is 5.57 Å². The zero-order valence-electron chi connectivity index (χ0n) is 17.2. The number of allylic oxidation sites excluding steroid dienone is 2. The molecule has 0 aliphatic carbocycles. The highest BCUT2D eigenvalue weighted by Crippen LogP contribution is 2.21. The van der Waals surface area contributed by atoms with E-state index in [4.69, 9.17) is 4.52 Å². The van der Waals surface area contributed by atoms with Crippen molar-refractivity contribution < 1.29 is 5.95 Å². The summed E-state index contributed by atoms with van der Waals surface area (Å²) >= 11 is 0. The van der Waals surface area contributed by atoms with Crippen LogP contribution in [0.25, 0.3) is 16.6 Å². The summed E-state index contributed by atoms with van der Waals surface area (Å²) in [6.07, 6.45) is 2.06. The zero-order chi connectivity index (χ0) is 19.4. The molecular formula is C21H35N3O. The summed E-state index contributed by atoms with van der Waals surface area (Å²) in [5.74, 6) is 1.87. The summed E-state index contributed by atoms with van der Waals surface area (Å²) < 4.78 is 5.03. The number of aromatic amines is 1. The van der Waals surface area contributed by atoms with Crippen LogP contribution in [0.15, 0.2) is 34.9 Å². The van der Waals surface area contributed by atoms with E-state index in [9.17, 15) is 0 Å². The first-order valence-electron chi connectivity index (χ1n) is 9.00. The van der Waals surface area contributed by atoms with Gasteiger partial charge in [-0.05, 0) is 52.3 Å². The quantitative estimate of drug-likeness (QED) is 0.522. The fourth-order valence-corrected chi connectivity index (χ4v) is 2.27. The zero-order valence-corrected chi connectivity index (χ0v) is 17.2. The maximum absolute atomic E-state index is 5.03. The fraction of sp³-hybridized carbons (Fsp3) is 0.429. The average molecular weight is 346 g/mol. The molecule has 3 aromatic rings. The predicted molar refractivity (Wildman–Crippen MR) is 111 cm³/mol. The van der Waals surface area contributed by atoms with Crippen LogP contribution in [0.2, 0.25) is 0 Å². The Morgan fingerprint density at radius 2 is 1.68 bits per heavy atom. The number of hydrogen-bond acceptors (Lipinski definition) is 3. The molecule has 0 radical (unpaired) electrons. The van der Waals surface area contributed by atoms with Crippen molar-refractivity contribution in [1.82, 2.24) is 15.1 Å². The minimum absolute atomic E-state index is 0. The van der Waals surface area contributed by atoms with Gasteiger partial charge in [-0.2, -0.15) is 0 Å². The third-order valence-corrected chi connectivity index (χ3v) is 3.37. The maximum atomic E-state index is 5.03. The lowest BCUT2D eigenvalue weighted by Gasteiger charge is -1.96. The number of H-pyrrole nitrogens is 1. The van der Waals surface area contributed by atoms with E-state index in [-0.39, 0.29) is 1.43 Å². The van der Waals surface area contributed by atoms with Gasteiger partial charge < -0.3 is 9.51 Å². The fourth-order valence-electron chi connectivity index (χ4n) is 2.27. The molecule has 0 spiro atoms. The number of rotatable bonds is 1. The molecule has 0 amide bonds. The Morgan fingerprint density at radius 3 is 2.16 bits per heavy atom. The van der Waals surface area contributed by atoms with Crippen LogP contribution in [0.3, 0.4) is 0 Å². The SMILES string of the molecule is C/C=C(/C)c1c(C)noc1C.CC.CC.Cc1nc2ccccc2[nH]1.[HH]. The molecule has 1 N–H and O–H groups in total. The lowest BCUT2D eigenvalue weighted by molar-refractivity contribution is 0.393. The second kappa shape index (κ2) is 12.1. The van der Waals surface area contributed by atoms with Crippen LogP contribution in [0.1, 0.15) is 65.8 Å². The molecule has 1 aromatic carbocycles. The van der Waals surface area contributed by atoms with Crippen molar-refractivity contribution in [2.75, 3.05) is 0 Å². The molecule has 3 rings (SSSR count). The first-order chi connectivity index (χ1) is 12.0. The third kappa shape index (κ3) is 6.57. The van der Waals surface area contributed by atoms with E-state index in [0.717, 1.165) is 33.9 Å².